The van der Waals surface area contributed by atoms with E-state index < -0.39 is 0 Å². The molecule has 1 aromatic heterocycles. The zero-order valence-corrected chi connectivity index (χ0v) is 8.11. The van der Waals surface area contributed by atoms with Gasteiger partial charge in [-0.05, 0) is 19.1 Å². The number of hydrogen-bond acceptors (Lipinski definition) is 3. The van der Waals surface area contributed by atoms with E-state index in [0.717, 1.165) is 5.52 Å². The summed E-state index contributed by atoms with van der Waals surface area (Å²) in [4.78, 5) is 11.2. The van der Waals surface area contributed by atoms with Gasteiger partial charge in [-0.25, -0.2) is 4.79 Å². The zero-order chi connectivity index (χ0) is 10.1. The monoisotopic (exact) mass is 193 g/mol. The summed E-state index contributed by atoms with van der Waals surface area (Å²) in [6, 6.07) is 5.35. The van der Waals surface area contributed by atoms with E-state index in [-0.39, 0.29) is 5.76 Å². The number of benzene rings is 1. The number of oxazole rings is 1. The van der Waals surface area contributed by atoms with Gasteiger partial charge in [0.15, 0.2) is 5.58 Å². The molecule has 4 heteroatoms. The van der Waals surface area contributed by atoms with E-state index in [4.69, 9.17) is 9.15 Å². The molecule has 0 amide bonds. The van der Waals surface area contributed by atoms with Crippen molar-refractivity contribution in [2.45, 2.75) is 6.92 Å². The summed E-state index contributed by atoms with van der Waals surface area (Å²) in [6.45, 7) is 2.51. The summed E-state index contributed by atoms with van der Waals surface area (Å²) < 4.78 is 11.8. The predicted octanol–water partition coefficient (Wildman–Crippen LogP) is 1.53. The van der Waals surface area contributed by atoms with Gasteiger partial charge in [-0.3, -0.25) is 4.57 Å². The summed E-state index contributed by atoms with van der Waals surface area (Å²) in [7, 11) is 1.68. The molecule has 0 atom stereocenters. The van der Waals surface area contributed by atoms with E-state index in [1.807, 2.05) is 19.1 Å². The highest BCUT2D eigenvalue weighted by molar-refractivity contribution is 5.74. The second-order valence-electron chi connectivity index (χ2n) is 2.99. The Bertz CT molecular complexity index is 510. The summed E-state index contributed by atoms with van der Waals surface area (Å²) >= 11 is 0. The maximum absolute atomic E-state index is 11.2. The molecule has 0 aliphatic heterocycles. The van der Waals surface area contributed by atoms with Crippen molar-refractivity contribution in [1.82, 2.24) is 4.57 Å². The normalized spacial score (nSPS) is 10.7. The summed E-state index contributed by atoms with van der Waals surface area (Å²) in [5, 5.41) is 0. The quantitative estimate of drug-likeness (QED) is 0.726. The maximum atomic E-state index is 11.2. The first-order chi connectivity index (χ1) is 6.72. The Hall–Kier alpha value is -1.71. The second-order valence-corrected chi connectivity index (χ2v) is 2.99. The van der Waals surface area contributed by atoms with Crippen LogP contribution in [0.4, 0.5) is 0 Å². The van der Waals surface area contributed by atoms with Crippen LogP contribution in [0.1, 0.15) is 6.92 Å². The molecule has 0 spiro atoms. The van der Waals surface area contributed by atoms with Crippen LogP contribution in [-0.2, 0) is 7.05 Å². The molecular formula is C10H11NO3. The number of rotatable bonds is 2. The molecule has 1 aromatic carbocycles. The Morgan fingerprint density at radius 3 is 3.00 bits per heavy atom. The van der Waals surface area contributed by atoms with Crippen LogP contribution in [0.3, 0.4) is 0 Å². The molecule has 0 aliphatic carbocycles. The van der Waals surface area contributed by atoms with Crippen molar-refractivity contribution < 1.29 is 9.15 Å². The van der Waals surface area contributed by atoms with Crippen LogP contribution in [0.2, 0.25) is 0 Å². The number of fused-ring (bicyclic) bond motifs is 1. The van der Waals surface area contributed by atoms with Crippen LogP contribution in [0, 0.1) is 0 Å². The van der Waals surface area contributed by atoms with Crippen molar-refractivity contribution in [3.05, 3.63) is 28.7 Å². The Morgan fingerprint density at radius 1 is 1.50 bits per heavy atom. The lowest BCUT2D eigenvalue weighted by molar-refractivity contribution is 0.340. The fraction of sp³-hybridized carbons (Fsp3) is 0.300. The van der Waals surface area contributed by atoms with Crippen molar-refractivity contribution in [3.63, 3.8) is 0 Å². The van der Waals surface area contributed by atoms with Gasteiger partial charge in [-0.2, -0.15) is 0 Å². The van der Waals surface area contributed by atoms with E-state index in [0.29, 0.717) is 17.9 Å². The van der Waals surface area contributed by atoms with Gasteiger partial charge < -0.3 is 9.15 Å². The van der Waals surface area contributed by atoms with Crippen molar-refractivity contribution in [1.29, 1.82) is 0 Å². The lowest BCUT2D eigenvalue weighted by Gasteiger charge is -2.01. The highest BCUT2D eigenvalue weighted by Crippen LogP contribution is 2.19. The van der Waals surface area contributed by atoms with E-state index in [2.05, 4.69) is 0 Å². The van der Waals surface area contributed by atoms with Gasteiger partial charge in [0.25, 0.3) is 0 Å². The van der Waals surface area contributed by atoms with Crippen LogP contribution in [-0.4, -0.2) is 11.2 Å². The fourth-order valence-electron chi connectivity index (χ4n) is 1.37. The van der Waals surface area contributed by atoms with Gasteiger partial charge in [-0.1, -0.05) is 0 Å². The fourth-order valence-corrected chi connectivity index (χ4v) is 1.37. The first-order valence-electron chi connectivity index (χ1n) is 4.44. The minimum Gasteiger partial charge on any atom is -0.494 e. The Labute approximate surface area is 80.7 Å². The SMILES string of the molecule is CCOc1ccc2c(c1)oc(=O)n2C. The Balaban J connectivity index is 2.61. The maximum Gasteiger partial charge on any atom is 0.419 e. The summed E-state index contributed by atoms with van der Waals surface area (Å²) in [5.41, 5.74) is 1.34. The molecule has 0 fully saturated rings. The average Bonchev–Trinajstić information content (AvgIpc) is 2.43. The standard InChI is InChI=1S/C10H11NO3/c1-3-13-7-4-5-8-9(6-7)14-10(12)11(8)2/h4-6H,3H2,1-2H3. The highest BCUT2D eigenvalue weighted by atomic mass is 16.5. The van der Waals surface area contributed by atoms with E-state index >= 15 is 0 Å². The molecule has 0 radical (unpaired) electrons. The molecule has 0 bridgehead atoms. The Kier molecular flexibility index (Phi) is 2.04. The third-order valence-corrected chi connectivity index (χ3v) is 2.07. The van der Waals surface area contributed by atoms with Crippen molar-refractivity contribution in [2.75, 3.05) is 6.61 Å². The smallest absolute Gasteiger partial charge is 0.419 e. The van der Waals surface area contributed by atoms with Gasteiger partial charge in [0.2, 0.25) is 0 Å². The van der Waals surface area contributed by atoms with Gasteiger partial charge >= 0.3 is 5.76 Å². The molecule has 2 rings (SSSR count). The molecule has 74 valence electrons. The molecule has 0 aliphatic rings. The van der Waals surface area contributed by atoms with E-state index in [1.165, 1.54) is 4.57 Å². The van der Waals surface area contributed by atoms with Crippen molar-refractivity contribution in [3.8, 4) is 5.75 Å². The third-order valence-electron chi connectivity index (χ3n) is 2.07. The number of aromatic nitrogens is 1. The van der Waals surface area contributed by atoms with E-state index in [1.54, 1.807) is 13.1 Å². The molecule has 0 unspecified atom stereocenters. The number of ether oxygens (including phenoxy) is 1. The molecule has 4 nitrogen and oxygen atoms in total. The van der Waals surface area contributed by atoms with Crippen LogP contribution >= 0.6 is 0 Å². The first-order valence-corrected chi connectivity index (χ1v) is 4.44. The van der Waals surface area contributed by atoms with Gasteiger partial charge in [0.1, 0.15) is 5.75 Å². The lowest BCUT2D eigenvalue weighted by Crippen LogP contribution is -2.08. The average molecular weight is 193 g/mol. The molecule has 2 aromatic rings. The predicted molar refractivity (Wildman–Crippen MR) is 52.6 cm³/mol. The number of nitrogens with zero attached hydrogens (tertiary/aromatic N) is 1. The topological polar surface area (TPSA) is 44.4 Å². The molecule has 14 heavy (non-hydrogen) atoms. The van der Waals surface area contributed by atoms with Crippen LogP contribution in [0.15, 0.2) is 27.4 Å². The minimum absolute atomic E-state index is 0.353. The van der Waals surface area contributed by atoms with E-state index in [9.17, 15) is 4.79 Å². The molecule has 0 saturated carbocycles. The van der Waals surface area contributed by atoms with Crippen LogP contribution in [0.25, 0.3) is 11.1 Å². The van der Waals surface area contributed by atoms with Crippen molar-refractivity contribution in [2.24, 2.45) is 7.05 Å². The summed E-state index contributed by atoms with van der Waals surface area (Å²) in [6.07, 6.45) is 0. The van der Waals surface area contributed by atoms with Crippen LogP contribution in [0.5, 0.6) is 5.75 Å². The highest BCUT2D eigenvalue weighted by Gasteiger charge is 2.05. The summed E-state index contributed by atoms with van der Waals surface area (Å²) in [5.74, 6) is 0.364. The molecule has 0 saturated heterocycles. The van der Waals surface area contributed by atoms with Gasteiger partial charge in [0, 0.05) is 13.1 Å². The lowest BCUT2D eigenvalue weighted by atomic mass is 10.3. The van der Waals surface area contributed by atoms with Gasteiger partial charge in [-0.15, -0.1) is 0 Å². The molecule has 1 heterocycles. The second kappa shape index (κ2) is 3.21. The number of hydrogen-bond donors (Lipinski definition) is 0. The molecular weight excluding hydrogens is 182 g/mol. The number of aryl methyl sites for hydroxylation is 1. The Morgan fingerprint density at radius 2 is 2.29 bits per heavy atom. The molecule has 0 N–H and O–H groups in total. The first kappa shape index (κ1) is 8.87. The zero-order valence-electron chi connectivity index (χ0n) is 8.11. The minimum atomic E-state index is -0.353. The van der Waals surface area contributed by atoms with Gasteiger partial charge in [0.05, 0.1) is 12.1 Å². The largest absolute Gasteiger partial charge is 0.494 e. The van der Waals surface area contributed by atoms with Crippen molar-refractivity contribution >= 4 is 11.1 Å². The van der Waals surface area contributed by atoms with Crippen LogP contribution < -0.4 is 10.5 Å². The third kappa shape index (κ3) is 1.28.